The van der Waals surface area contributed by atoms with Crippen molar-refractivity contribution in [2.45, 2.75) is 38.9 Å². The molecule has 1 aromatic heterocycles. The summed E-state index contributed by atoms with van der Waals surface area (Å²) < 4.78 is 24.5. The topological polar surface area (TPSA) is 42.6 Å². The molecular weight excluding hydrogens is 247 g/mol. The van der Waals surface area contributed by atoms with Gasteiger partial charge in [0.05, 0.1) is 6.10 Å². The third kappa shape index (κ3) is 2.96. The third-order valence-corrected chi connectivity index (χ3v) is 3.11. The Morgan fingerprint density at radius 2 is 2.16 bits per heavy atom. The van der Waals surface area contributed by atoms with E-state index in [0.29, 0.717) is 17.8 Å². The van der Waals surface area contributed by atoms with Gasteiger partial charge in [0, 0.05) is 12.0 Å². The molecule has 0 saturated carbocycles. The van der Waals surface area contributed by atoms with E-state index in [1.165, 1.54) is 6.07 Å². The van der Waals surface area contributed by atoms with Crippen LogP contribution >= 0.6 is 0 Å². The average molecular weight is 266 g/mol. The minimum absolute atomic E-state index is 0.184. The molecule has 1 heterocycles. The number of rotatable bonds is 6. The average Bonchev–Trinajstić information content (AvgIpc) is 2.83. The molecule has 104 valence electrons. The van der Waals surface area contributed by atoms with Crippen LogP contribution in [0.15, 0.2) is 28.7 Å². The van der Waals surface area contributed by atoms with Crippen molar-refractivity contribution in [1.29, 1.82) is 0 Å². The first-order chi connectivity index (χ1) is 9.17. The van der Waals surface area contributed by atoms with Crippen LogP contribution in [-0.2, 0) is 4.74 Å². The van der Waals surface area contributed by atoms with E-state index in [1.807, 2.05) is 13.8 Å². The zero-order chi connectivity index (χ0) is 13.8. The lowest BCUT2D eigenvalue weighted by atomic mass is 10.1. The normalized spacial score (nSPS) is 14.7. The molecule has 1 N–H and O–H groups in total. The highest BCUT2D eigenvalue weighted by Gasteiger charge is 2.24. The summed E-state index contributed by atoms with van der Waals surface area (Å²) in [5.74, 6) is -0.0635. The van der Waals surface area contributed by atoms with E-state index in [2.05, 4.69) is 0 Å². The van der Waals surface area contributed by atoms with Crippen molar-refractivity contribution in [3.8, 4) is 0 Å². The second-order valence-electron chi connectivity index (χ2n) is 4.53. The van der Waals surface area contributed by atoms with Crippen molar-refractivity contribution in [3.05, 3.63) is 35.8 Å². The molecule has 19 heavy (non-hydrogen) atoms. The highest BCUT2D eigenvalue weighted by atomic mass is 19.1. The number of benzene rings is 1. The first-order valence-electron chi connectivity index (χ1n) is 6.65. The van der Waals surface area contributed by atoms with E-state index < -0.39 is 11.9 Å². The third-order valence-electron chi connectivity index (χ3n) is 3.11. The lowest BCUT2D eigenvalue weighted by molar-refractivity contribution is -0.0463. The molecule has 0 amide bonds. The molecule has 1 aromatic carbocycles. The number of ether oxygens (including phenoxy) is 1. The van der Waals surface area contributed by atoms with E-state index in [4.69, 9.17) is 9.15 Å². The van der Waals surface area contributed by atoms with Crippen LogP contribution in [0.3, 0.4) is 0 Å². The van der Waals surface area contributed by atoms with Crippen molar-refractivity contribution >= 4 is 11.0 Å². The summed E-state index contributed by atoms with van der Waals surface area (Å²) >= 11 is 0. The van der Waals surface area contributed by atoms with Crippen molar-refractivity contribution in [3.63, 3.8) is 0 Å². The second kappa shape index (κ2) is 6.17. The van der Waals surface area contributed by atoms with Crippen LogP contribution in [0.25, 0.3) is 11.0 Å². The number of hydrogen-bond donors (Lipinski definition) is 1. The van der Waals surface area contributed by atoms with E-state index in [1.54, 1.807) is 18.2 Å². The van der Waals surface area contributed by atoms with Crippen LogP contribution in [-0.4, -0.2) is 17.8 Å². The molecule has 0 bridgehead atoms. The molecule has 0 aliphatic carbocycles. The van der Waals surface area contributed by atoms with E-state index >= 15 is 0 Å². The minimum Gasteiger partial charge on any atom is -0.455 e. The molecule has 2 rings (SSSR count). The van der Waals surface area contributed by atoms with Crippen molar-refractivity contribution in [2.24, 2.45) is 0 Å². The van der Waals surface area contributed by atoms with Gasteiger partial charge in [-0.15, -0.1) is 0 Å². The highest BCUT2D eigenvalue weighted by molar-refractivity contribution is 5.78. The fourth-order valence-corrected chi connectivity index (χ4v) is 2.21. The monoisotopic (exact) mass is 266 g/mol. The van der Waals surface area contributed by atoms with Crippen LogP contribution in [0.2, 0.25) is 0 Å². The predicted molar refractivity (Wildman–Crippen MR) is 71.5 cm³/mol. The minimum atomic E-state index is -0.869. The molecule has 2 atom stereocenters. The Balaban J connectivity index is 2.29. The van der Waals surface area contributed by atoms with Crippen LogP contribution in [0, 0.1) is 5.82 Å². The Bertz CT molecular complexity index is 529. The van der Waals surface area contributed by atoms with E-state index in [0.717, 1.165) is 12.8 Å². The van der Waals surface area contributed by atoms with E-state index in [-0.39, 0.29) is 11.7 Å². The molecule has 3 nitrogen and oxygen atoms in total. The van der Waals surface area contributed by atoms with Gasteiger partial charge in [0.25, 0.3) is 0 Å². The summed E-state index contributed by atoms with van der Waals surface area (Å²) in [6, 6.07) is 6.39. The molecule has 0 aliphatic heterocycles. The summed E-state index contributed by atoms with van der Waals surface area (Å²) in [5.41, 5.74) is 0.184. The van der Waals surface area contributed by atoms with Gasteiger partial charge < -0.3 is 14.3 Å². The Kier molecular flexibility index (Phi) is 4.56. The second-order valence-corrected chi connectivity index (χ2v) is 4.53. The zero-order valence-corrected chi connectivity index (χ0v) is 11.2. The van der Waals surface area contributed by atoms with Crippen molar-refractivity contribution in [1.82, 2.24) is 0 Å². The summed E-state index contributed by atoms with van der Waals surface area (Å²) in [7, 11) is 0. The van der Waals surface area contributed by atoms with Gasteiger partial charge in [-0.05, 0) is 25.5 Å². The molecule has 0 spiro atoms. The van der Waals surface area contributed by atoms with Gasteiger partial charge in [-0.2, -0.15) is 0 Å². The fourth-order valence-electron chi connectivity index (χ4n) is 2.21. The van der Waals surface area contributed by atoms with Gasteiger partial charge in [0.15, 0.2) is 11.4 Å². The number of hydrogen-bond acceptors (Lipinski definition) is 3. The maximum absolute atomic E-state index is 13.6. The number of para-hydroxylation sites is 1. The molecular formula is C15H19FO3. The van der Waals surface area contributed by atoms with Crippen molar-refractivity contribution < 1.29 is 18.7 Å². The summed E-state index contributed by atoms with van der Waals surface area (Å²) in [6.07, 6.45) is 0.440. The van der Waals surface area contributed by atoms with Crippen LogP contribution in [0.5, 0.6) is 0 Å². The molecule has 0 saturated heterocycles. The zero-order valence-electron chi connectivity index (χ0n) is 11.2. The maximum atomic E-state index is 13.6. The number of aliphatic hydroxyl groups is 1. The Morgan fingerprint density at radius 3 is 2.79 bits per heavy atom. The van der Waals surface area contributed by atoms with Crippen LogP contribution < -0.4 is 0 Å². The van der Waals surface area contributed by atoms with Crippen LogP contribution in [0.1, 0.15) is 38.6 Å². The molecule has 0 fully saturated rings. The molecule has 2 aromatic rings. The smallest absolute Gasteiger partial charge is 0.170 e. The first-order valence-corrected chi connectivity index (χ1v) is 6.65. The Hall–Kier alpha value is -1.39. The van der Waals surface area contributed by atoms with Gasteiger partial charge in [-0.1, -0.05) is 25.5 Å². The van der Waals surface area contributed by atoms with Gasteiger partial charge in [0.2, 0.25) is 0 Å². The maximum Gasteiger partial charge on any atom is 0.170 e. The number of furan rings is 1. The molecule has 4 heteroatoms. The Morgan fingerprint density at radius 1 is 1.37 bits per heavy atom. The van der Waals surface area contributed by atoms with Gasteiger partial charge >= 0.3 is 0 Å². The molecule has 0 radical (unpaired) electrons. The lowest BCUT2D eigenvalue weighted by Crippen LogP contribution is -2.21. The van der Waals surface area contributed by atoms with E-state index in [9.17, 15) is 9.50 Å². The summed E-state index contributed by atoms with van der Waals surface area (Å²) in [6.45, 7) is 4.43. The number of aliphatic hydroxyl groups excluding tert-OH is 1. The SMILES string of the molecule is CCCC(OCC)C(O)c1cc2cccc(F)c2o1. The van der Waals surface area contributed by atoms with Gasteiger partial charge in [-0.3, -0.25) is 0 Å². The first kappa shape index (κ1) is 14.0. The summed E-state index contributed by atoms with van der Waals surface area (Å²) in [5, 5.41) is 10.9. The fraction of sp³-hybridized carbons (Fsp3) is 0.467. The summed E-state index contributed by atoms with van der Waals surface area (Å²) in [4.78, 5) is 0. The van der Waals surface area contributed by atoms with Gasteiger partial charge in [-0.25, -0.2) is 4.39 Å². The Labute approximate surface area is 112 Å². The highest BCUT2D eigenvalue weighted by Crippen LogP contribution is 2.29. The van der Waals surface area contributed by atoms with Crippen LogP contribution in [0.4, 0.5) is 4.39 Å². The standard InChI is InChI=1S/C15H19FO3/c1-3-6-12(18-4-2)14(17)13-9-10-7-5-8-11(16)15(10)19-13/h5,7-9,12,14,17H,3-4,6H2,1-2H3. The predicted octanol–water partition coefficient (Wildman–Crippen LogP) is 3.81. The van der Waals surface area contributed by atoms with Crippen molar-refractivity contribution in [2.75, 3.05) is 6.61 Å². The molecule has 0 aliphatic rings. The number of halogens is 1. The molecule has 2 unspecified atom stereocenters. The quantitative estimate of drug-likeness (QED) is 0.864. The number of fused-ring (bicyclic) bond motifs is 1. The lowest BCUT2D eigenvalue weighted by Gasteiger charge is -2.20. The van der Waals surface area contributed by atoms with Gasteiger partial charge in [0.1, 0.15) is 11.9 Å². The largest absolute Gasteiger partial charge is 0.455 e.